The van der Waals surface area contributed by atoms with Gasteiger partial charge in [-0.3, -0.25) is 0 Å². The number of rotatable bonds is 2. The molecule has 4 aromatic rings. The van der Waals surface area contributed by atoms with E-state index in [1.165, 1.54) is 33.4 Å². The molecule has 2 atom stereocenters. The molecule has 2 aliphatic carbocycles. The summed E-state index contributed by atoms with van der Waals surface area (Å²) in [4.78, 5) is 0. The molecule has 4 aromatic carbocycles. The van der Waals surface area contributed by atoms with E-state index in [4.69, 9.17) is 0 Å². The summed E-state index contributed by atoms with van der Waals surface area (Å²) in [5.41, 5.74) is 13.1. The Hall–Kier alpha value is -2.91. The Balaban J connectivity index is 1.42. The van der Waals surface area contributed by atoms with Gasteiger partial charge in [-0.2, -0.15) is 0 Å². The molecule has 1 heterocycles. The molecule has 188 valence electrons. The Morgan fingerprint density at radius 3 is 1.37 bits per heavy atom. The monoisotopic (exact) mass is 668 g/mol. The van der Waals surface area contributed by atoms with Crippen LogP contribution in [0, 0.1) is 17.0 Å². The summed E-state index contributed by atoms with van der Waals surface area (Å²) in [6, 6.07) is 27.2. The van der Waals surface area contributed by atoms with Gasteiger partial charge in [-0.1, -0.05) is 0 Å². The third-order valence-corrected chi connectivity index (χ3v) is 24.5. The van der Waals surface area contributed by atoms with E-state index in [9.17, 15) is 8.78 Å². The van der Waals surface area contributed by atoms with Crippen molar-refractivity contribution in [2.45, 2.75) is 30.6 Å². The van der Waals surface area contributed by atoms with Crippen molar-refractivity contribution in [3.63, 3.8) is 0 Å². The van der Waals surface area contributed by atoms with Crippen LogP contribution in [0.4, 0.5) is 8.78 Å². The number of hydrogen-bond acceptors (Lipinski definition) is 0. The number of halogens is 2. The van der Waals surface area contributed by atoms with Crippen molar-refractivity contribution in [2.75, 3.05) is 0 Å². The van der Waals surface area contributed by atoms with Gasteiger partial charge >= 0.3 is 229 Å². The number of benzene rings is 4. The van der Waals surface area contributed by atoms with Gasteiger partial charge < -0.3 is 0 Å². The first-order valence-electron chi connectivity index (χ1n) is 13.4. The third-order valence-electron chi connectivity index (χ3n) is 9.37. The molecule has 1 aliphatic heterocycles. The van der Waals surface area contributed by atoms with Gasteiger partial charge in [0.05, 0.1) is 0 Å². The van der Waals surface area contributed by atoms with Crippen molar-refractivity contribution in [3.8, 4) is 22.3 Å². The molecule has 1 fully saturated rings. The van der Waals surface area contributed by atoms with Gasteiger partial charge in [0.15, 0.2) is 0 Å². The van der Waals surface area contributed by atoms with E-state index in [0.29, 0.717) is 7.35 Å². The summed E-state index contributed by atoms with van der Waals surface area (Å²) in [5.74, 6) is -0.406. The Kier molecular flexibility index (Phi) is 5.27. The minimum atomic E-state index is -3.10. The van der Waals surface area contributed by atoms with Gasteiger partial charge in [-0.15, -0.1) is 0 Å². The standard InChI is InChI=1S/C33H24F2.2CH3.Hf/c1-33(2,25-17-23-5-3-7-29(31(23)19-25)21-9-13-27(34)14-10-21)26-18-24-6-4-8-30(32(24)20-26)22-11-15-28(35)16-12-22;;;/h3-20H,1-2H3;2*1H3;. The maximum atomic E-state index is 13.7. The van der Waals surface area contributed by atoms with Crippen LogP contribution in [0.2, 0.25) is 9.36 Å². The van der Waals surface area contributed by atoms with Crippen LogP contribution in [0.3, 0.4) is 0 Å². The van der Waals surface area contributed by atoms with E-state index < -0.39 is 20.0 Å². The Bertz CT molecular complexity index is 1550. The molecule has 0 N–H and O–H groups in total. The molecule has 0 nitrogen and oxygen atoms in total. The normalized spacial score (nSPS) is 21.6. The molecule has 0 spiro atoms. The van der Waals surface area contributed by atoms with Crippen LogP contribution in [0.15, 0.2) is 96.1 Å². The molecule has 7 rings (SSSR count). The second-order valence-corrected chi connectivity index (χ2v) is 29.4. The fourth-order valence-corrected chi connectivity index (χ4v) is 25.3. The predicted molar refractivity (Wildman–Crippen MR) is 151 cm³/mol. The van der Waals surface area contributed by atoms with Crippen LogP contribution < -0.4 is 0 Å². The molecular formula is C35H30F2Hf. The van der Waals surface area contributed by atoms with Crippen molar-refractivity contribution >= 4 is 12.2 Å². The van der Waals surface area contributed by atoms with Crippen molar-refractivity contribution in [1.82, 2.24) is 0 Å². The molecule has 3 heteroatoms. The summed E-state index contributed by atoms with van der Waals surface area (Å²) in [5, 5.41) is 0. The van der Waals surface area contributed by atoms with Crippen LogP contribution in [-0.4, -0.2) is 0 Å². The molecule has 0 saturated carbocycles. The molecular weight excluding hydrogens is 637 g/mol. The topological polar surface area (TPSA) is 0 Å². The number of hydrogen-bond donors (Lipinski definition) is 0. The predicted octanol–water partition coefficient (Wildman–Crippen LogP) is 10.2. The summed E-state index contributed by atoms with van der Waals surface area (Å²) < 4.78 is 33.7. The molecule has 3 aliphatic rings. The molecule has 0 amide bonds. The molecule has 0 bridgehead atoms. The SMILES string of the molecule is CC1(C)C2=Cc3c(-c4ccc(F)cc4)cccc3[CH]2[Hf]([CH3])([CH3])[CH]2C1=Cc1c(-c3ccc(F)cc3)cccc12. The Morgan fingerprint density at radius 2 is 0.974 bits per heavy atom. The number of fused-ring (bicyclic) bond motifs is 6. The fraction of sp³-hybridized carbons (Fsp3) is 0.200. The molecule has 38 heavy (non-hydrogen) atoms. The Labute approximate surface area is 228 Å². The van der Waals surface area contributed by atoms with E-state index >= 15 is 0 Å². The second kappa shape index (κ2) is 8.29. The summed E-state index contributed by atoms with van der Waals surface area (Å²) in [7, 11) is 0. The van der Waals surface area contributed by atoms with Crippen molar-refractivity contribution < 1.29 is 28.7 Å². The van der Waals surface area contributed by atoms with Gasteiger partial charge in [-0.25, -0.2) is 0 Å². The van der Waals surface area contributed by atoms with Crippen LogP contribution in [0.1, 0.15) is 43.5 Å². The van der Waals surface area contributed by atoms with Gasteiger partial charge in [0.25, 0.3) is 0 Å². The first kappa shape index (κ1) is 24.2. The van der Waals surface area contributed by atoms with Crippen LogP contribution >= 0.6 is 0 Å². The van der Waals surface area contributed by atoms with Crippen molar-refractivity contribution in [3.05, 3.63) is 130 Å². The van der Waals surface area contributed by atoms with Crippen molar-refractivity contribution in [2.24, 2.45) is 5.41 Å². The molecule has 2 unspecified atom stereocenters. The summed E-state index contributed by atoms with van der Waals surface area (Å²) in [6.07, 6.45) is 4.95. The van der Waals surface area contributed by atoms with Crippen LogP contribution in [-0.2, 0) is 20.0 Å². The molecule has 0 aromatic heterocycles. The average Bonchev–Trinajstić information content (AvgIpc) is 3.51. The maximum absolute atomic E-state index is 13.7. The van der Waals surface area contributed by atoms with Gasteiger partial charge in [-0.05, 0) is 0 Å². The summed E-state index contributed by atoms with van der Waals surface area (Å²) in [6.45, 7) is 4.81. The van der Waals surface area contributed by atoms with Crippen molar-refractivity contribution in [1.29, 1.82) is 0 Å². The fourth-order valence-electron chi connectivity index (χ4n) is 7.59. The minimum absolute atomic E-state index is 0.0803. The average molecular weight is 667 g/mol. The second-order valence-electron chi connectivity index (χ2n) is 12.1. The zero-order valence-corrected chi connectivity index (χ0v) is 25.7. The first-order chi connectivity index (χ1) is 18.2. The molecule has 1 saturated heterocycles. The zero-order valence-electron chi connectivity index (χ0n) is 22.1. The van der Waals surface area contributed by atoms with E-state index in [1.54, 1.807) is 35.4 Å². The van der Waals surface area contributed by atoms with Crippen LogP contribution in [0.25, 0.3) is 34.4 Å². The number of allylic oxidation sites excluding steroid dienone is 2. The third kappa shape index (κ3) is 3.33. The van der Waals surface area contributed by atoms with E-state index in [1.807, 2.05) is 24.3 Å². The van der Waals surface area contributed by atoms with Crippen LogP contribution in [0.5, 0.6) is 0 Å². The van der Waals surface area contributed by atoms with E-state index in [0.717, 1.165) is 11.1 Å². The van der Waals surface area contributed by atoms with E-state index in [-0.39, 0.29) is 17.0 Å². The van der Waals surface area contributed by atoms with Gasteiger partial charge in [0, 0.05) is 0 Å². The van der Waals surface area contributed by atoms with E-state index in [2.05, 4.69) is 71.8 Å². The zero-order chi connectivity index (χ0) is 26.4. The Morgan fingerprint density at radius 1 is 0.579 bits per heavy atom. The summed E-state index contributed by atoms with van der Waals surface area (Å²) >= 11 is -3.10. The van der Waals surface area contributed by atoms with Gasteiger partial charge in [0.1, 0.15) is 0 Å². The first-order valence-corrected chi connectivity index (χ1v) is 24.7. The van der Waals surface area contributed by atoms with Gasteiger partial charge in [0.2, 0.25) is 0 Å². The quantitative estimate of drug-likeness (QED) is 0.187. The molecule has 0 radical (unpaired) electrons.